The van der Waals surface area contributed by atoms with Gasteiger partial charge < -0.3 is 5.32 Å². The zero-order chi connectivity index (χ0) is 28.3. The Balaban J connectivity index is 1.28. The summed E-state index contributed by atoms with van der Waals surface area (Å²) in [4.78, 5) is 0. The predicted molar refractivity (Wildman–Crippen MR) is 180 cm³/mol. The molecule has 0 saturated carbocycles. The summed E-state index contributed by atoms with van der Waals surface area (Å²) in [6, 6.07) is 52.9. The molecule has 0 aromatic heterocycles. The van der Waals surface area contributed by atoms with Gasteiger partial charge in [-0.2, -0.15) is 0 Å². The third-order valence-corrected chi connectivity index (χ3v) is 9.10. The van der Waals surface area contributed by atoms with Gasteiger partial charge in [-0.3, -0.25) is 0 Å². The highest BCUT2D eigenvalue weighted by atomic mass is 14.9. The van der Waals surface area contributed by atoms with Crippen LogP contribution in [0.1, 0.15) is 25.0 Å². The Hall–Kier alpha value is -5.14. The molecule has 0 spiro atoms. The molecule has 42 heavy (non-hydrogen) atoms. The molecular weight excluding hydrogens is 506 g/mol. The van der Waals surface area contributed by atoms with Crippen molar-refractivity contribution in [2.45, 2.75) is 19.3 Å². The molecule has 1 nitrogen and oxygen atoms in total. The lowest BCUT2D eigenvalue weighted by Crippen LogP contribution is -2.14. The van der Waals surface area contributed by atoms with Crippen molar-refractivity contribution < 1.29 is 0 Å². The molecule has 1 aliphatic rings. The lowest BCUT2D eigenvalue weighted by atomic mass is 9.82. The van der Waals surface area contributed by atoms with Crippen molar-refractivity contribution >= 4 is 32.9 Å². The minimum atomic E-state index is -0.0293. The monoisotopic (exact) mass is 537 g/mol. The molecule has 0 heterocycles. The normalized spacial score (nSPS) is 13.2. The molecule has 1 aliphatic carbocycles. The van der Waals surface area contributed by atoms with Gasteiger partial charge >= 0.3 is 0 Å². The first-order valence-electron chi connectivity index (χ1n) is 14.7. The van der Waals surface area contributed by atoms with Crippen molar-refractivity contribution in [2.24, 2.45) is 0 Å². The summed E-state index contributed by atoms with van der Waals surface area (Å²) in [7, 11) is 0. The van der Waals surface area contributed by atoms with E-state index in [-0.39, 0.29) is 5.41 Å². The van der Waals surface area contributed by atoms with Crippen LogP contribution in [0.4, 0.5) is 11.4 Å². The average molecular weight is 538 g/mol. The number of fused-ring (bicyclic) bond motifs is 6. The first-order valence-corrected chi connectivity index (χ1v) is 14.7. The van der Waals surface area contributed by atoms with Gasteiger partial charge in [0, 0.05) is 27.9 Å². The quantitative estimate of drug-likeness (QED) is 0.220. The maximum Gasteiger partial charge on any atom is 0.0467 e. The minimum absolute atomic E-state index is 0.0293. The Morgan fingerprint density at radius 3 is 1.71 bits per heavy atom. The van der Waals surface area contributed by atoms with Crippen LogP contribution in [0.2, 0.25) is 0 Å². The molecule has 1 heteroatoms. The molecule has 7 aromatic rings. The van der Waals surface area contributed by atoms with Crippen LogP contribution in [-0.2, 0) is 5.41 Å². The molecule has 0 atom stereocenters. The lowest BCUT2D eigenvalue weighted by Gasteiger charge is -2.22. The van der Waals surface area contributed by atoms with Crippen molar-refractivity contribution in [3.05, 3.63) is 157 Å². The SMILES string of the molecule is CC1(C)c2ccccc2-c2c(Nc3ccccc3-c3cccc4c3ccc3c(-c5ccccc5)cccc34)cccc21. The number of anilines is 2. The van der Waals surface area contributed by atoms with Crippen LogP contribution in [0.3, 0.4) is 0 Å². The Morgan fingerprint density at radius 1 is 0.381 bits per heavy atom. The first kappa shape index (κ1) is 24.6. The van der Waals surface area contributed by atoms with E-state index >= 15 is 0 Å². The van der Waals surface area contributed by atoms with Gasteiger partial charge in [0.2, 0.25) is 0 Å². The summed E-state index contributed by atoms with van der Waals surface area (Å²) >= 11 is 0. The molecule has 0 radical (unpaired) electrons. The molecule has 200 valence electrons. The Kier molecular flexibility index (Phi) is 5.55. The van der Waals surface area contributed by atoms with E-state index in [1.807, 2.05) is 0 Å². The van der Waals surface area contributed by atoms with Gasteiger partial charge in [-0.15, -0.1) is 0 Å². The Labute approximate surface area is 247 Å². The third-order valence-electron chi connectivity index (χ3n) is 9.10. The highest BCUT2D eigenvalue weighted by molar-refractivity contribution is 6.16. The summed E-state index contributed by atoms with van der Waals surface area (Å²) in [5, 5.41) is 8.97. The lowest BCUT2D eigenvalue weighted by molar-refractivity contribution is 0.660. The summed E-state index contributed by atoms with van der Waals surface area (Å²) < 4.78 is 0. The molecule has 8 rings (SSSR count). The van der Waals surface area contributed by atoms with E-state index in [0.717, 1.165) is 11.4 Å². The van der Waals surface area contributed by atoms with Crippen LogP contribution >= 0.6 is 0 Å². The summed E-state index contributed by atoms with van der Waals surface area (Å²) in [6.45, 7) is 4.66. The number of nitrogens with one attached hydrogen (secondary N) is 1. The van der Waals surface area contributed by atoms with Gasteiger partial charge in [0.1, 0.15) is 0 Å². The molecule has 0 saturated heterocycles. The zero-order valence-electron chi connectivity index (χ0n) is 23.9. The minimum Gasteiger partial charge on any atom is -0.355 e. The number of rotatable bonds is 4. The van der Waals surface area contributed by atoms with Crippen LogP contribution in [0.15, 0.2) is 146 Å². The van der Waals surface area contributed by atoms with Crippen LogP contribution in [0.25, 0.3) is 54.9 Å². The molecule has 0 aliphatic heterocycles. The zero-order valence-corrected chi connectivity index (χ0v) is 23.9. The second-order valence-corrected chi connectivity index (χ2v) is 11.8. The summed E-state index contributed by atoms with van der Waals surface area (Å²) in [5.74, 6) is 0. The Morgan fingerprint density at radius 2 is 0.929 bits per heavy atom. The molecule has 0 amide bonds. The maximum atomic E-state index is 3.88. The van der Waals surface area contributed by atoms with Crippen LogP contribution in [0, 0.1) is 0 Å². The van der Waals surface area contributed by atoms with Crippen molar-refractivity contribution in [1.29, 1.82) is 0 Å². The van der Waals surface area contributed by atoms with Gasteiger partial charge in [0.25, 0.3) is 0 Å². The number of hydrogen-bond donors (Lipinski definition) is 1. The van der Waals surface area contributed by atoms with Crippen LogP contribution in [0.5, 0.6) is 0 Å². The summed E-state index contributed by atoms with van der Waals surface area (Å²) in [5.41, 5.74) is 12.6. The predicted octanol–water partition coefficient (Wildman–Crippen LogP) is 11.4. The second kappa shape index (κ2) is 9.46. The van der Waals surface area contributed by atoms with Crippen molar-refractivity contribution in [3.63, 3.8) is 0 Å². The van der Waals surface area contributed by atoms with Gasteiger partial charge in [0.15, 0.2) is 0 Å². The smallest absolute Gasteiger partial charge is 0.0467 e. The number of benzene rings is 7. The van der Waals surface area contributed by atoms with Gasteiger partial charge in [-0.05, 0) is 67.1 Å². The highest BCUT2D eigenvalue weighted by Crippen LogP contribution is 2.52. The van der Waals surface area contributed by atoms with E-state index in [2.05, 4.69) is 165 Å². The van der Waals surface area contributed by atoms with E-state index in [9.17, 15) is 0 Å². The number of para-hydroxylation sites is 1. The van der Waals surface area contributed by atoms with Crippen LogP contribution in [-0.4, -0.2) is 0 Å². The van der Waals surface area contributed by atoms with Crippen molar-refractivity contribution in [1.82, 2.24) is 0 Å². The largest absolute Gasteiger partial charge is 0.355 e. The molecule has 7 aromatic carbocycles. The van der Waals surface area contributed by atoms with Gasteiger partial charge in [0.05, 0.1) is 0 Å². The van der Waals surface area contributed by atoms with E-state index in [1.165, 1.54) is 66.1 Å². The maximum absolute atomic E-state index is 3.88. The van der Waals surface area contributed by atoms with Crippen molar-refractivity contribution in [3.8, 4) is 33.4 Å². The average Bonchev–Trinajstić information content (AvgIpc) is 3.28. The van der Waals surface area contributed by atoms with Crippen LogP contribution < -0.4 is 5.32 Å². The highest BCUT2D eigenvalue weighted by Gasteiger charge is 2.36. The first-order chi connectivity index (χ1) is 20.6. The summed E-state index contributed by atoms with van der Waals surface area (Å²) in [6.07, 6.45) is 0. The molecule has 0 bridgehead atoms. The molecule has 0 fully saturated rings. The van der Waals surface area contributed by atoms with E-state index in [1.54, 1.807) is 0 Å². The molecule has 0 unspecified atom stereocenters. The fourth-order valence-electron chi connectivity index (χ4n) is 7.06. The second-order valence-electron chi connectivity index (χ2n) is 11.8. The number of hydrogen-bond acceptors (Lipinski definition) is 1. The van der Waals surface area contributed by atoms with Gasteiger partial charge in [-0.1, -0.05) is 147 Å². The molecule has 1 N–H and O–H groups in total. The van der Waals surface area contributed by atoms with E-state index in [0.29, 0.717) is 0 Å². The van der Waals surface area contributed by atoms with Gasteiger partial charge in [-0.25, -0.2) is 0 Å². The third kappa shape index (κ3) is 3.71. The molecular formula is C41H31N. The topological polar surface area (TPSA) is 12.0 Å². The standard InChI is InChI=1S/C41H31N/c1-41(2)36-21-8-6-16-35(36)40-37(41)22-12-24-39(40)42-38-23-9-7-15-34(38)31-20-11-19-30-29-18-10-17-28(27-13-4-3-5-14-27)32(29)25-26-33(30)31/h3-26,42H,1-2H3. The fourth-order valence-corrected chi connectivity index (χ4v) is 7.06. The van der Waals surface area contributed by atoms with Crippen molar-refractivity contribution in [2.75, 3.05) is 5.32 Å². The Bertz CT molecular complexity index is 2140. The van der Waals surface area contributed by atoms with E-state index < -0.39 is 0 Å². The fraction of sp³-hybridized carbons (Fsp3) is 0.0732. The van der Waals surface area contributed by atoms with E-state index in [4.69, 9.17) is 0 Å².